The fourth-order valence-electron chi connectivity index (χ4n) is 1.78. The van der Waals surface area contributed by atoms with Gasteiger partial charge in [0.15, 0.2) is 9.84 Å². The molecule has 1 aliphatic heterocycles. The molecular formula is C10H15N3O2S. The number of aromatic nitrogens is 2. The fourth-order valence-corrected chi connectivity index (χ4v) is 3.45. The largest absolute Gasteiger partial charge is 0.365 e. The highest BCUT2D eigenvalue weighted by Gasteiger charge is 2.28. The number of hydrogen-bond acceptors (Lipinski definition) is 5. The number of anilines is 1. The van der Waals surface area contributed by atoms with E-state index in [0.29, 0.717) is 12.2 Å². The molecule has 0 bridgehead atoms. The number of sulfone groups is 1. The van der Waals surface area contributed by atoms with Gasteiger partial charge in [0.1, 0.15) is 5.82 Å². The van der Waals surface area contributed by atoms with Gasteiger partial charge < -0.3 is 5.32 Å². The molecule has 1 aromatic heterocycles. The summed E-state index contributed by atoms with van der Waals surface area (Å²) in [5.74, 6) is 1.16. The van der Waals surface area contributed by atoms with Crippen LogP contribution in [0.5, 0.6) is 0 Å². The van der Waals surface area contributed by atoms with E-state index < -0.39 is 9.84 Å². The first-order valence-electron chi connectivity index (χ1n) is 5.23. The summed E-state index contributed by atoms with van der Waals surface area (Å²) < 4.78 is 22.6. The van der Waals surface area contributed by atoms with E-state index >= 15 is 0 Å². The molecule has 88 valence electrons. The predicted octanol–water partition coefficient (Wildman–Crippen LogP) is 0.692. The van der Waals surface area contributed by atoms with Crippen LogP contribution in [-0.4, -0.2) is 35.9 Å². The Labute approximate surface area is 95.2 Å². The van der Waals surface area contributed by atoms with Crippen molar-refractivity contribution in [2.45, 2.75) is 26.3 Å². The van der Waals surface area contributed by atoms with Crippen molar-refractivity contribution in [1.82, 2.24) is 9.97 Å². The molecule has 0 saturated carbocycles. The van der Waals surface area contributed by atoms with E-state index in [1.807, 2.05) is 13.8 Å². The minimum atomic E-state index is -2.85. The first-order valence-corrected chi connectivity index (χ1v) is 7.05. The Kier molecular flexibility index (Phi) is 2.84. The van der Waals surface area contributed by atoms with Crippen LogP contribution in [0, 0.1) is 13.8 Å². The predicted molar refractivity (Wildman–Crippen MR) is 62.2 cm³/mol. The van der Waals surface area contributed by atoms with Gasteiger partial charge in [0.2, 0.25) is 0 Å². The Bertz CT molecular complexity index is 499. The van der Waals surface area contributed by atoms with Gasteiger partial charge in [-0.15, -0.1) is 0 Å². The third-order valence-electron chi connectivity index (χ3n) is 2.65. The minimum Gasteiger partial charge on any atom is -0.365 e. The molecule has 0 aliphatic carbocycles. The van der Waals surface area contributed by atoms with Crippen LogP contribution in [0.15, 0.2) is 6.20 Å². The minimum absolute atomic E-state index is 0.0280. The number of aryl methyl sites for hydroxylation is 2. The summed E-state index contributed by atoms with van der Waals surface area (Å²) in [5.41, 5.74) is 1.63. The van der Waals surface area contributed by atoms with E-state index in [1.54, 1.807) is 6.20 Å². The standard InChI is InChI=1S/C10H15N3O2S/c1-7-5-11-8(2)10(12-7)13-9-3-4-16(14,15)6-9/h5,9H,3-4,6H2,1-2H3,(H,12,13). The lowest BCUT2D eigenvalue weighted by Gasteiger charge is -2.13. The van der Waals surface area contributed by atoms with Gasteiger partial charge in [0, 0.05) is 12.2 Å². The zero-order chi connectivity index (χ0) is 11.8. The average molecular weight is 241 g/mol. The van der Waals surface area contributed by atoms with E-state index in [0.717, 1.165) is 11.4 Å². The Morgan fingerprint density at radius 1 is 1.44 bits per heavy atom. The van der Waals surface area contributed by atoms with E-state index in [-0.39, 0.29) is 17.5 Å². The normalized spacial score (nSPS) is 23.2. The lowest BCUT2D eigenvalue weighted by molar-refractivity contribution is 0.602. The van der Waals surface area contributed by atoms with Crippen molar-refractivity contribution in [1.29, 1.82) is 0 Å². The monoisotopic (exact) mass is 241 g/mol. The maximum Gasteiger partial charge on any atom is 0.152 e. The van der Waals surface area contributed by atoms with Crippen molar-refractivity contribution < 1.29 is 8.42 Å². The first-order chi connectivity index (χ1) is 7.46. The van der Waals surface area contributed by atoms with Crippen LogP contribution < -0.4 is 5.32 Å². The topological polar surface area (TPSA) is 72.0 Å². The van der Waals surface area contributed by atoms with Crippen LogP contribution in [0.3, 0.4) is 0 Å². The van der Waals surface area contributed by atoms with Gasteiger partial charge in [-0.25, -0.2) is 13.4 Å². The molecule has 1 atom stereocenters. The van der Waals surface area contributed by atoms with Gasteiger partial charge in [0.25, 0.3) is 0 Å². The molecule has 1 saturated heterocycles. The summed E-state index contributed by atoms with van der Waals surface area (Å²) >= 11 is 0. The average Bonchev–Trinajstić information content (AvgIpc) is 2.52. The number of nitrogens with zero attached hydrogens (tertiary/aromatic N) is 2. The van der Waals surface area contributed by atoms with Crippen molar-refractivity contribution in [2.24, 2.45) is 0 Å². The van der Waals surface area contributed by atoms with Crippen LogP contribution in [0.2, 0.25) is 0 Å². The zero-order valence-corrected chi connectivity index (χ0v) is 10.2. The molecule has 1 unspecified atom stereocenters. The molecule has 5 nitrogen and oxygen atoms in total. The molecule has 16 heavy (non-hydrogen) atoms. The molecule has 0 radical (unpaired) electrons. The Balaban J connectivity index is 2.13. The highest BCUT2D eigenvalue weighted by atomic mass is 32.2. The maximum atomic E-state index is 11.3. The van der Waals surface area contributed by atoms with E-state index in [1.165, 1.54) is 0 Å². The van der Waals surface area contributed by atoms with Gasteiger partial charge in [-0.05, 0) is 20.3 Å². The third kappa shape index (κ3) is 2.49. The van der Waals surface area contributed by atoms with Crippen LogP contribution in [0.25, 0.3) is 0 Å². The van der Waals surface area contributed by atoms with Crippen LogP contribution in [-0.2, 0) is 9.84 Å². The quantitative estimate of drug-likeness (QED) is 0.825. The lowest BCUT2D eigenvalue weighted by Crippen LogP contribution is -2.22. The Morgan fingerprint density at radius 3 is 2.81 bits per heavy atom. The second-order valence-electron chi connectivity index (χ2n) is 4.19. The number of hydrogen-bond donors (Lipinski definition) is 1. The molecule has 0 aromatic carbocycles. The van der Waals surface area contributed by atoms with Crippen molar-refractivity contribution in [3.05, 3.63) is 17.6 Å². The van der Waals surface area contributed by atoms with Crippen molar-refractivity contribution >= 4 is 15.7 Å². The molecule has 0 amide bonds. The molecule has 1 aromatic rings. The second kappa shape index (κ2) is 4.01. The number of rotatable bonds is 2. The smallest absolute Gasteiger partial charge is 0.152 e. The molecule has 1 fully saturated rings. The van der Waals surface area contributed by atoms with E-state index in [4.69, 9.17) is 0 Å². The summed E-state index contributed by atoms with van der Waals surface area (Å²) in [5, 5.41) is 3.15. The molecular weight excluding hydrogens is 226 g/mol. The van der Waals surface area contributed by atoms with Crippen LogP contribution in [0.4, 0.5) is 5.82 Å². The highest BCUT2D eigenvalue weighted by molar-refractivity contribution is 7.91. The molecule has 1 N–H and O–H groups in total. The first kappa shape index (κ1) is 11.3. The Hall–Kier alpha value is -1.17. The molecule has 6 heteroatoms. The second-order valence-corrected chi connectivity index (χ2v) is 6.42. The summed E-state index contributed by atoms with van der Waals surface area (Å²) in [6.07, 6.45) is 2.35. The fraction of sp³-hybridized carbons (Fsp3) is 0.600. The highest BCUT2D eigenvalue weighted by Crippen LogP contribution is 2.17. The Morgan fingerprint density at radius 2 is 2.19 bits per heavy atom. The third-order valence-corrected chi connectivity index (χ3v) is 4.42. The van der Waals surface area contributed by atoms with Crippen molar-refractivity contribution in [3.63, 3.8) is 0 Å². The van der Waals surface area contributed by atoms with E-state index in [2.05, 4.69) is 15.3 Å². The van der Waals surface area contributed by atoms with Gasteiger partial charge >= 0.3 is 0 Å². The summed E-state index contributed by atoms with van der Waals surface area (Å²) in [7, 11) is -2.85. The van der Waals surface area contributed by atoms with Crippen LogP contribution in [0.1, 0.15) is 17.8 Å². The van der Waals surface area contributed by atoms with Gasteiger partial charge in [-0.1, -0.05) is 0 Å². The van der Waals surface area contributed by atoms with Crippen molar-refractivity contribution in [3.8, 4) is 0 Å². The molecule has 1 aliphatic rings. The van der Waals surface area contributed by atoms with Crippen LogP contribution >= 0.6 is 0 Å². The lowest BCUT2D eigenvalue weighted by atomic mass is 10.2. The van der Waals surface area contributed by atoms with Gasteiger partial charge in [0.05, 0.1) is 22.9 Å². The van der Waals surface area contributed by atoms with Crippen molar-refractivity contribution in [2.75, 3.05) is 16.8 Å². The van der Waals surface area contributed by atoms with Gasteiger partial charge in [-0.3, -0.25) is 4.98 Å². The molecule has 2 heterocycles. The zero-order valence-electron chi connectivity index (χ0n) is 9.40. The van der Waals surface area contributed by atoms with E-state index in [9.17, 15) is 8.42 Å². The molecule has 2 rings (SSSR count). The van der Waals surface area contributed by atoms with Gasteiger partial charge in [-0.2, -0.15) is 0 Å². The SMILES string of the molecule is Cc1cnc(C)c(NC2CCS(=O)(=O)C2)n1. The summed E-state index contributed by atoms with van der Waals surface area (Å²) in [6.45, 7) is 3.72. The summed E-state index contributed by atoms with van der Waals surface area (Å²) in [6, 6.07) is -0.0280. The molecule has 0 spiro atoms. The number of nitrogens with one attached hydrogen (secondary N) is 1. The summed E-state index contributed by atoms with van der Waals surface area (Å²) in [4.78, 5) is 8.50. The maximum absolute atomic E-state index is 11.3.